The number of carboxylic acid groups (broad SMARTS) is 1. The van der Waals surface area contributed by atoms with Gasteiger partial charge in [0.25, 0.3) is 0 Å². The Morgan fingerprint density at radius 3 is 2.56 bits per heavy atom. The third-order valence-corrected chi connectivity index (χ3v) is 2.61. The van der Waals surface area contributed by atoms with Gasteiger partial charge in [0, 0.05) is 6.07 Å². The first kappa shape index (κ1) is 13.1. The van der Waals surface area contributed by atoms with Crippen molar-refractivity contribution in [3.63, 3.8) is 0 Å². The second-order valence-electron chi connectivity index (χ2n) is 3.44. The molecule has 1 aromatic rings. The van der Waals surface area contributed by atoms with Crippen LogP contribution in [0.25, 0.3) is 0 Å². The van der Waals surface area contributed by atoms with Gasteiger partial charge in [-0.25, -0.2) is 4.79 Å². The molecule has 1 aromatic carbocycles. The molecule has 0 heterocycles. The Morgan fingerprint density at radius 1 is 1.44 bits per heavy atom. The van der Waals surface area contributed by atoms with Crippen LogP contribution in [0.2, 0.25) is 10.0 Å². The van der Waals surface area contributed by atoms with Gasteiger partial charge in [0.15, 0.2) is 5.60 Å². The summed E-state index contributed by atoms with van der Waals surface area (Å²) >= 11 is 11.4. The van der Waals surface area contributed by atoms with E-state index in [9.17, 15) is 9.90 Å². The molecule has 0 aliphatic heterocycles. The van der Waals surface area contributed by atoms with Crippen LogP contribution in [0.5, 0.6) is 5.75 Å². The van der Waals surface area contributed by atoms with Crippen molar-refractivity contribution in [2.45, 2.75) is 12.5 Å². The minimum Gasteiger partial charge on any atom is -0.490 e. The second-order valence-corrected chi connectivity index (χ2v) is 4.26. The van der Waals surface area contributed by atoms with Crippen LogP contribution >= 0.6 is 23.2 Å². The smallest absolute Gasteiger partial charge is 0.339 e. The Balaban J connectivity index is 2.68. The zero-order chi connectivity index (χ0) is 12.3. The van der Waals surface area contributed by atoms with Crippen molar-refractivity contribution in [3.05, 3.63) is 28.2 Å². The number of carboxylic acids is 1. The number of hydrogen-bond acceptors (Lipinski definition) is 3. The molecule has 0 spiro atoms. The average Bonchev–Trinajstić information content (AvgIpc) is 2.20. The number of hydrogen-bond donors (Lipinski definition) is 2. The number of carbonyl (C=O) groups is 1. The number of aliphatic carboxylic acids is 1. The Morgan fingerprint density at radius 2 is 2.06 bits per heavy atom. The number of ether oxygens (including phenoxy) is 1. The summed E-state index contributed by atoms with van der Waals surface area (Å²) < 4.78 is 5.09. The van der Waals surface area contributed by atoms with Crippen LogP contribution < -0.4 is 4.74 Å². The number of aliphatic hydroxyl groups is 1. The van der Waals surface area contributed by atoms with E-state index in [0.717, 1.165) is 6.92 Å². The quantitative estimate of drug-likeness (QED) is 0.875. The van der Waals surface area contributed by atoms with Gasteiger partial charge in [0.2, 0.25) is 0 Å². The molecule has 1 rings (SSSR count). The van der Waals surface area contributed by atoms with Gasteiger partial charge in [0.1, 0.15) is 12.4 Å². The van der Waals surface area contributed by atoms with E-state index in [1.54, 1.807) is 0 Å². The lowest BCUT2D eigenvalue weighted by Gasteiger charge is -2.18. The van der Waals surface area contributed by atoms with Crippen LogP contribution in [0.1, 0.15) is 6.92 Å². The molecule has 4 nitrogen and oxygen atoms in total. The molecule has 1 atom stereocenters. The fraction of sp³-hybridized carbons (Fsp3) is 0.300. The molecule has 0 aliphatic rings. The predicted molar refractivity (Wildman–Crippen MR) is 60.2 cm³/mol. The van der Waals surface area contributed by atoms with Gasteiger partial charge in [-0.2, -0.15) is 0 Å². The molecule has 2 N–H and O–H groups in total. The third kappa shape index (κ3) is 3.27. The van der Waals surface area contributed by atoms with E-state index < -0.39 is 11.6 Å². The highest BCUT2D eigenvalue weighted by Crippen LogP contribution is 2.26. The maximum Gasteiger partial charge on any atom is 0.339 e. The minimum absolute atomic E-state index is 0.300. The lowest BCUT2D eigenvalue weighted by Crippen LogP contribution is -2.41. The molecular formula is C10H10Cl2O4. The van der Waals surface area contributed by atoms with Crippen molar-refractivity contribution in [2.75, 3.05) is 6.61 Å². The first-order valence-electron chi connectivity index (χ1n) is 4.36. The van der Waals surface area contributed by atoms with Crippen LogP contribution in [-0.4, -0.2) is 28.4 Å². The number of benzene rings is 1. The molecule has 0 saturated heterocycles. The van der Waals surface area contributed by atoms with E-state index in [4.69, 9.17) is 33.0 Å². The monoisotopic (exact) mass is 264 g/mol. The van der Waals surface area contributed by atoms with Crippen LogP contribution in [-0.2, 0) is 4.79 Å². The summed E-state index contributed by atoms with van der Waals surface area (Å²) in [5.41, 5.74) is -1.94. The molecule has 6 heteroatoms. The number of rotatable bonds is 4. The van der Waals surface area contributed by atoms with Gasteiger partial charge in [-0.1, -0.05) is 23.2 Å². The second kappa shape index (κ2) is 4.91. The summed E-state index contributed by atoms with van der Waals surface area (Å²) in [6, 6.07) is 4.50. The van der Waals surface area contributed by atoms with Crippen molar-refractivity contribution in [1.29, 1.82) is 0 Å². The number of halogens is 2. The topological polar surface area (TPSA) is 66.8 Å². The maximum absolute atomic E-state index is 10.6. The maximum atomic E-state index is 10.6. The fourth-order valence-electron chi connectivity index (χ4n) is 0.852. The molecular weight excluding hydrogens is 255 g/mol. The van der Waals surface area contributed by atoms with Gasteiger partial charge in [-0.15, -0.1) is 0 Å². The highest BCUT2D eigenvalue weighted by atomic mass is 35.5. The zero-order valence-electron chi connectivity index (χ0n) is 8.41. The van der Waals surface area contributed by atoms with Gasteiger partial charge in [0.05, 0.1) is 10.0 Å². The molecule has 1 unspecified atom stereocenters. The molecule has 0 bridgehead atoms. The molecule has 0 aliphatic carbocycles. The highest BCUT2D eigenvalue weighted by Gasteiger charge is 2.30. The van der Waals surface area contributed by atoms with E-state index in [1.165, 1.54) is 18.2 Å². The summed E-state index contributed by atoms with van der Waals surface area (Å²) in [6.45, 7) is 0.771. The van der Waals surface area contributed by atoms with Crippen molar-refractivity contribution in [3.8, 4) is 5.75 Å². The van der Waals surface area contributed by atoms with Crippen molar-refractivity contribution < 1.29 is 19.7 Å². The summed E-state index contributed by atoms with van der Waals surface area (Å²) in [5.74, 6) is -1.01. The SMILES string of the molecule is CC(O)(COc1ccc(Cl)c(Cl)c1)C(=O)O. The first-order chi connectivity index (χ1) is 7.33. The Labute approximate surface area is 102 Å². The van der Waals surface area contributed by atoms with Crippen molar-refractivity contribution >= 4 is 29.2 Å². The Kier molecular flexibility index (Phi) is 4.02. The van der Waals surface area contributed by atoms with E-state index in [2.05, 4.69) is 0 Å². The van der Waals surface area contributed by atoms with E-state index in [-0.39, 0.29) is 6.61 Å². The lowest BCUT2D eigenvalue weighted by molar-refractivity contribution is -0.159. The summed E-state index contributed by atoms with van der Waals surface area (Å²) in [4.78, 5) is 10.6. The largest absolute Gasteiger partial charge is 0.490 e. The van der Waals surface area contributed by atoms with Gasteiger partial charge in [-0.3, -0.25) is 0 Å². The lowest BCUT2D eigenvalue weighted by atomic mass is 10.1. The summed E-state index contributed by atoms with van der Waals surface area (Å²) in [6.07, 6.45) is 0. The Hall–Kier alpha value is -0.970. The normalized spacial score (nSPS) is 14.2. The Bertz CT molecular complexity index is 404. The minimum atomic E-state index is -1.94. The van der Waals surface area contributed by atoms with E-state index in [0.29, 0.717) is 15.8 Å². The molecule has 88 valence electrons. The van der Waals surface area contributed by atoms with Gasteiger partial charge >= 0.3 is 5.97 Å². The molecule has 16 heavy (non-hydrogen) atoms. The van der Waals surface area contributed by atoms with Crippen molar-refractivity contribution in [2.24, 2.45) is 0 Å². The van der Waals surface area contributed by atoms with Crippen LogP contribution in [0.15, 0.2) is 18.2 Å². The fourth-order valence-corrected chi connectivity index (χ4v) is 1.14. The van der Waals surface area contributed by atoms with Gasteiger partial charge < -0.3 is 14.9 Å². The standard InChI is InChI=1S/C10H10Cl2O4/c1-10(15,9(13)14)5-16-6-2-3-7(11)8(12)4-6/h2-4,15H,5H2,1H3,(H,13,14). The highest BCUT2D eigenvalue weighted by molar-refractivity contribution is 6.42. The molecule has 0 radical (unpaired) electrons. The zero-order valence-corrected chi connectivity index (χ0v) is 9.92. The van der Waals surface area contributed by atoms with E-state index >= 15 is 0 Å². The summed E-state index contributed by atoms with van der Waals surface area (Å²) in [5, 5.41) is 18.7. The molecule has 0 fully saturated rings. The third-order valence-electron chi connectivity index (χ3n) is 1.87. The van der Waals surface area contributed by atoms with Crippen LogP contribution in [0.4, 0.5) is 0 Å². The molecule has 0 aromatic heterocycles. The molecule has 0 saturated carbocycles. The van der Waals surface area contributed by atoms with E-state index in [1.807, 2.05) is 0 Å². The average molecular weight is 265 g/mol. The predicted octanol–water partition coefficient (Wildman–Crippen LogP) is 2.21. The van der Waals surface area contributed by atoms with Crippen LogP contribution in [0.3, 0.4) is 0 Å². The molecule has 0 amide bonds. The summed E-state index contributed by atoms with van der Waals surface area (Å²) in [7, 11) is 0. The van der Waals surface area contributed by atoms with Crippen LogP contribution in [0, 0.1) is 0 Å². The van der Waals surface area contributed by atoms with Crippen molar-refractivity contribution in [1.82, 2.24) is 0 Å². The first-order valence-corrected chi connectivity index (χ1v) is 5.12. The van der Waals surface area contributed by atoms with Gasteiger partial charge in [-0.05, 0) is 19.1 Å².